The van der Waals surface area contributed by atoms with Crippen LogP contribution in [0.15, 0.2) is 0 Å². The number of carbonyl (C=O) groups excluding carboxylic acids is 5. The third kappa shape index (κ3) is 8.47. The molecule has 0 saturated carbocycles. The summed E-state index contributed by atoms with van der Waals surface area (Å²) in [6.07, 6.45) is -6.66. The van der Waals surface area contributed by atoms with Gasteiger partial charge >= 0.3 is 29.8 Å². The third-order valence-electron chi connectivity index (χ3n) is 3.89. The van der Waals surface area contributed by atoms with Crippen LogP contribution in [0.4, 0.5) is 0 Å². The number of ether oxygens (including phenoxy) is 7. The van der Waals surface area contributed by atoms with Crippen molar-refractivity contribution in [1.29, 1.82) is 0 Å². The van der Waals surface area contributed by atoms with Gasteiger partial charge in [-0.2, -0.15) is 0 Å². The van der Waals surface area contributed by atoms with Gasteiger partial charge in [0.15, 0.2) is 24.6 Å². The summed E-state index contributed by atoms with van der Waals surface area (Å²) in [5.74, 6) is -3.74. The summed E-state index contributed by atoms with van der Waals surface area (Å²) < 4.78 is 36.3. The average Bonchev–Trinajstić information content (AvgIpc) is 2.66. The second kappa shape index (κ2) is 12.2. The van der Waals surface area contributed by atoms with Gasteiger partial charge in [-0.25, -0.2) is 0 Å². The molecule has 1 aliphatic rings. The molecule has 0 aromatic carbocycles. The lowest BCUT2D eigenvalue weighted by Crippen LogP contribution is -2.63. The summed E-state index contributed by atoms with van der Waals surface area (Å²) >= 11 is 0. The Morgan fingerprint density at radius 2 is 1.35 bits per heavy atom. The van der Waals surface area contributed by atoms with Crippen LogP contribution in [0, 0.1) is 0 Å². The highest BCUT2D eigenvalue weighted by molar-refractivity contribution is 5.75. The highest BCUT2D eigenvalue weighted by Gasteiger charge is 2.52. The predicted octanol–water partition coefficient (Wildman–Crippen LogP) is -1.41. The second-order valence-corrected chi connectivity index (χ2v) is 6.53. The molecule has 0 amide bonds. The summed E-state index contributed by atoms with van der Waals surface area (Å²) in [6, 6.07) is -1.20. The molecule has 0 bridgehead atoms. The molecule has 1 fully saturated rings. The number of carbonyl (C=O) groups is 5. The maximum absolute atomic E-state index is 11.7. The van der Waals surface area contributed by atoms with Gasteiger partial charge in [-0.1, -0.05) is 0 Å². The minimum absolute atomic E-state index is 0.402. The van der Waals surface area contributed by atoms with E-state index in [2.05, 4.69) is 4.74 Å². The Morgan fingerprint density at radius 3 is 1.84 bits per heavy atom. The Hall–Kier alpha value is -2.77. The molecule has 0 aliphatic carbocycles. The van der Waals surface area contributed by atoms with E-state index in [4.69, 9.17) is 34.2 Å². The molecule has 0 radical (unpaired) electrons. The lowest BCUT2D eigenvalue weighted by molar-refractivity contribution is -0.308. The van der Waals surface area contributed by atoms with Gasteiger partial charge in [0, 0.05) is 27.7 Å². The Labute approximate surface area is 178 Å². The first-order valence-corrected chi connectivity index (χ1v) is 9.21. The van der Waals surface area contributed by atoms with E-state index in [-0.39, 0.29) is 0 Å². The highest BCUT2D eigenvalue weighted by atomic mass is 16.7. The van der Waals surface area contributed by atoms with Crippen molar-refractivity contribution >= 4 is 29.8 Å². The minimum atomic E-state index is -1.42. The van der Waals surface area contributed by atoms with Gasteiger partial charge in [-0.05, 0) is 0 Å². The summed E-state index contributed by atoms with van der Waals surface area (Å²) in [6.45, 7) is 3.62. The molecular formula is C18H27NO12. The van der Waals surface area contributed by atoms with E-state index in [1.165, 1.54) is 0 Å². The largest absolute Gasteiger partial charge is 0.468 e. The maximum Gasteiger partial charge on any atom is 0.325 e. The smallest absolute Gasteiger partial charge is 0.325 e. The third-order valence-corrected chi connectivity index (χ3v) is 3.89. The summed E-state index contributed by atoms with van der Waals surface area (Å²) in [4.78, 5) is 57.8. The molecule has 0 unspecified atom stereocenters. The Morgan fingerprint density at radius 1 is 0.839 bits per heavy atom. The molecular weight excluding hydrogens is 422 g/mol. The van der Waals surface area contributed by atoms with Crippen molar-refractivity contribution in [3.8, 4) is 0 Å². The van der Waals surface area contributed by atoms with Crippen LogP contribution in [0.5, 0.6) is 0 Å². The van der Waals surface area contributed by atoms with E-state index in [9.17, 15) is 24.0 Å². The number of esters is 5. The van der Waals surface area contributed by atoms with Crippen LogP contribution in [-0.2, 0) is 57.1 Å². The number of hydrogen-bond donors (Lipinski definition) is 1. The van der Waals surface area contributed by atoms with Gasteiger partial charge in [-0.15, -0.1) is 0 Å². The first kappa shape index (κ1) is 26.3. The fourth-order valence-corrected chi connectivity index (χ4v) is 2.74. The predicted molar refractivity (Wildman–Crippen MR) is 97.9 cm³/mol. The number of nitrogens with two attached hydrogens (primary N) is 1. The molecule has 0 aromatic rings. The Balaban J connectivity index is 3.25. The van der Waals surface area contributed by atoms with Crippen LogP contribution >= 0.6 is 0 Å². The van der Waals surface area contributed by atoms with Crippen LogP contribution in [0.3, 0.4) is 0 Å². The molecule has 0 spiro atoms. The van der Waals surface area contributed by atoms with Crippen LogP contribution in [-0.4, -0.2) is 86.9 Å². The highest BCUT2D eigenvalue weighted by Crippen LogP contribution is 2.30. The van der Waals surface area contributed by atoms with E-state index in [1.54, 1.807) is 0 Å². The SMILES string of the molecule is COC(=O)[C@@H](N)CO[C@@H]1O[C@H](COC(C)=O)[C@@H](OC(C)=O)[C@H](OC(C)=O)[C@H]1OC(C)=O. The summed E-state index contributed by atoms with van der Waals surface area (Å²) in [5.41, 5.74) is 5.65. The topological polar surface area (TPSA) is 176 Å². The van der Waals surface area contributed by atoms with Crippen molar-refractivity contribution in [3.05, 3.63) is 0 Å². The Bertz CT molecular complexity index is 680. The van der Waals surface area contributed by atoms with Crippen molar-refractivity contribution in [2.75, 3.05) is 20.3 Å². The van der Waals surface area contributed by atoms with E-state index in [0.717, 1.165) is 34.8 Å². The zero-order chi connectivity index (χ0) is 23.7. The zero-order valence-corrected chi connectivity index (χ0v) is 17.9. The average molecular weight is 449 g/mol. The van der Waals surface area contributed by atoms with Crippen molar-refractivity contribution in [1.82, 2.24) is 0 Å². The van der Waals surface area contributed by atoms with E-state index in [1.807, 2.05) is 0 Å². The number of rotatable bonds is 9. The van der Waals surface area contributed by atoms with Crippen LogP contribution in [0.2, 0.25) is 0 Å². The van der Waals surface area contributed by atoms with E-state index >= 15 is 0 Å². The molecule has 13 heteroatoms. The van der Waals surface area contributed by atoms with Crippen molar-refractivity contribution in [3.63, 3.8) is 0 Å². The number of hydrogen-bond acceptors (Lipinski definition) is 13. The van der Waals surface area contributed by atoms with Crippen molar-refractivity contribution < 1.29 is 57.1 Å². The van der Waals surface area contributed by atoms with Gasteiger partial charge in [0.05, 0.1) is 13.7 Å². The summed E-state index contributed by atoms with van der Waals surface area (Å²) in [7, 11) is 1.14. The van der Waals surface area contributed by atoms with E-state index in [0.29, 0.717) is 0 Å². The first-order chi connectivity index (χ1) is 14.5. The molecule has 1 rings (SSSR count). The first-order valence-electron chi connectivity index (χ1n) is 9.21. The normalized spacial score (nSPS) is 26.2. The monoisotopic (exact) mass is 449 g/mol. The fraction of sp³-hybridized carbons (Fsp3) is 0.722. The van der Waals surface area contributed by atoms with E-state index < -0.39 is 79.8 Å². The molecule has 6 atom stereocenters. The lowest BCUT2D eigenvalue weighted by atomic mass is 9.98. The van der Waals surface area contributed by atoms with Crippen molar-refractivity contribution in [2.24, 2.45) is 5.73 Å². The van der Waals surface area contributed by atoms with Crippen molar-refractivity contribution in [2.45, 2.75) is 64.4 Å². The van der Waals surface area contributed by atoms with Crippen LogP contribution in [0.1, 0.15) is 27.7 Å². The second-order valence-electron chi connectivity index (χ2n) is 6.53. The fourth-order valence-electron chi connectivity index (χ4n) is 2.74. The van der Waals surface area contributed by atoms with Gasteiger partial charge in [0.25, 0.3) is 0 Å². The zero-order valence-electron chi connectivity index (χ0n) is 17.9. The van der Waals surface area contributed by atoms with Crippen LogP contribution in [0.25, 0.3) is 0 Å². The molecule has 13 nitrogen and oxygen atoms in total. The maximum atomic E-state index is 11.7. The standard InChI is InChI=1S/C18H27NO12/c1-8(20)26-7-13-14(28-9(2)21)15(29-10(3)22)16(30-11(4)23)18(31-13)27-6-12(19)17(24)25-5/h12-16,18H,6-7,19H2,1-5H3/t12-,13+,14+,15-,16+,18+/m0/s1. The summed E-state index contributed by atoms with van der Waals surface area (Å²) in [5, 5.41) is 0. The molecule has 1 saturated heterocycles. The quantitative estimate of drug-likeness (QED) is 0.321. The number of methoxy groups -OCH3 is 1. The lowest BCUT2D eigenvalue weighted by Gasteiger charge is -2.44. The van der Waals surface area contributed by atoms with Crippen LogP contribution < -0.4 is 5.73 Å². The molecule has 1 heterocycles. The van der Waals surface area contributed by atoms with Gasteiger partial charge in [0.1, 0.15) is 18.8 Å². The molecule has 2 N–H and O–H groups in total. The van der Waals surface area contributed by atoms with Gasteiger partial charge in [-0.3, -0.25) is 24.0 Å². The van der Waals surface area contributed by atoms with Gasteiger partial charge in [0.2, 0.25) is 0 Å². The molecule has 0 aromatic heterocycles. The molecule has 31 heavy (non-hydrogen) atoms. The minimum Gasteiger partial charge on any atom is -0.468 e. The molecule has 176 valence electrons. The Kier molecular flexibility index (Phi) is 10.3. The molecule has 1 aliphatic heterocycles. The van der Waals surface area contributed by atoms with Gasteiger partial charge < -0.3 is 38.9 Å².